The highest BCUT2D eigenvalue weighted by atomic mass is 79.9. The highest BCUT2D eigenvalue weighted by molar-refractivity contribution is 9.10. The highest BCUT2D eigenvalue weighted by Gasteiger charge is 2.31. The van der Waals surface area contributed by atoms with Crippen LogP contribution in [0.15, 0.2) is 51.8 Å². The van der Waals surface area contributed by atoms with Crippen molar-refractivity contribution < 1.29 is 32.2 Å². The lowest BCUT2D eigenvalue weighted by Crippen LogP contribution is -2.41. The summed E-state index contributed by atoms with van der Waals surface area (Å²) in [5.74, 6) is -1.04. The normalized spacial score (nSPS) is 14.9. The molecule has 0 radical (unpaired) electrons. The Balaban J connectivity index is 1.83. The van der Waals surface area contributed by atoms with Gasteiger partial charge < -0.3 is 14.2 Å². The van der Waals surface area contributed by atoms with Crippen LogP contribution in [-0.2, 0) is 19.5 Å². The lowest BCUT2D eigenvalue weighted by atomic mass is 10.1. The predicted octanol–water partition coefficient (Wildman–Crippen LogP) is 2.52. The summed E-state index contributed by atoms with van der Waals surface area (Å²) in [4.78, 5) is 24.8. The maximum absolute atomic E-state index is 13.1. The van der Waals surface area contributed by atoms with E-state index in [9.17, 15) is 18.0 Å². The number of ketones is 1. The minimum absolute atomic E-state index is 0.185. The van der Waals surface area contributed by atoms with Crippen molar-refractivity contribution in [3.8, 4) is 5.75 Å². The molecule has 0 aromatic heterocycles. The smallest absolute Gasteiger partial charge is 0.340 e. The minimum Gasteiger partial charge on any atom is -0.497 e. The summed E-state index contributed by atoms with van der Waals surface area (Å²) in [7, 11) is -2.55. The molecule has 0 bridgehead atoms. The first-order chi connectivity index (χ1) is 14.3. The molecule has 1 aliphatic rings. The van der Waals surface area contributed by atoms with E-state index in [0.717, 1.165) is 4.47 Å². The van der Waals surface area contributed by atoms with Gasteiger partial charge in [0.05, 0.1) is 30.8 Å². The number of hydrogen-bond acceptors (Lipinski definition) is 7. The van der Waals surface area contributed by atoms with E-state index in [1.807, 2.05) is 0 Å². The van der Waals surface area contributed by atoms with Crippen molar-refractivity contribution in [2.75, 3.05) is 40.0 Å². The number of rotatable bonds is 7. The topological polar surface area (TPSA) is 99.2 Å². The molecular weight excluding hydrogens is 478 g/mol. The number of morpholine rings is 1. The lowest BCUT2D eigenvalue weighted by Gasteiger charge is -2.26. The molecule has 1 aliphatic heterocycles. The fourth-order valence-electron chi connectivity index (χ4n) is 2.87. The number of sulfonamides is 1. The Hall–Kier alpha value is -2.27. The first-order valence-corrected chi connectivity index (χ1v) is 11.3. The number of benzene rings is 2. The first kappa shape index (κ1) is 22.4. The molecule has 0 spiro atoms. The van der Waals surface area contributed by atoms with Crippen molar-refractivity contribution in [2.45, 2.75) is 4.90 Å². The van der Waals surface area contributed by atoms with Crippen LogP contribution >= 0.6 is 15.9 Å². The van der Waals surface area contributed by atoms with Crippen molar-refractivity contribution >= 4 is 37.7 Å². The third-order valence-electron chi connectivity index (χ3n) is 4.50. The second kappa shape index (κ2) is 9.69. The number of nitrogens with zero attached hydrogens (tertiary/aromatic N) is 1. The molecule has 30 heavy (non-hydrogen) atoms. The number of halogens is 1. The maximum Gasteiger partial charge on any atom is 0.340 e. The van der Waals surface area contributed by atoms with E-state index in [0.29, 0.717) is 11.3 Å². The van der Waals surface area contributed by atoms with Gasteiger partial charge in [-0.25, -0.2) is 13.2 Å². The van der Waals surface area contributed by atoms with Crippen molar-refractivity contribution in [3.63, 3.8) is 0 Å². The highest BCUT2D eigenvalue weighted by Crippen LogP contribution is 2.26. The van der Waals surface area contributed by atoms with Crippen LogP contribution in [0.3, 0.4) is 0 Å². The fraction of sp³-hybridized carbons (Fsp3) is 0.300. The second-order valence-corrected chi connectivity index (χ2v) is 9.21. The number of ether oxygens (including phenoxy) is 3. The third kappa shape index (κ3) is 5.07. The van der Waals surface area contributed by atoms with Crippen molar-refractivity contribution in [1.29, 1.82) is 0 Å². The van der Waals surface area contributed by atoms with E-state index in [4.69, 9.17) is 14.2 Å². The zero-order valence-corrected chi connectivity index (χ0v) is 18.6. The summed E-state index contributed by atoms with van der Waals surface area (Å²) >= 11 is 3.28. The van der Waals surface area contributed by atoms with Crippen molar-refractivity contribution in [2.24, 2.45) is 0 Å². The van der Waals surface area contributed by atoms with Crippen LogP contribution in [0.4, 0.5) is 0 Å². The fourth-order valence-corrected chi connectivity index (χ4v) is 4.71. The molecule has 0 unspecified atom stereocenters. The molecule has 0 N–H and O–H groups in total. The van der Waals surface area contributed by atoms with Crippen LogP contribution in [0.2, 0.25) is 0 Å². The van der Waals surface area contributed by atoms with E-state index in [-0.39, 0.29) is 36.8 Å². The number of carbonyl (C=O) groups is 2. The van der Waals surface area contributed by atoms with Gasteiger partial charge in [-0.2, -0.15) is 4.31 Å². The van der Waals surface area contributed by atoms with E-state index >= 15 is 0 Å². The van der Waals surface area contributed by atoms with Crippen LogP contribution < -0.4 is 4.74 Å². The van der Waals surface area contributed by atoms with Crippen LogP contribution in [0.5, 0.6) is 5.75 Å². The molecule has 1 heterocycles. The van der Waals surface area contributed by atoms with Gasteiger partial charge in [-0.15, -0.1) is 0 Å². The maximum atomic E-state index is 13.1. The molecule has 0 saturated carbocycles. The molecule has 0 atom stereocenters. The Bertz CT molecular complexity index is 1030. The van der Waals surface area contributed by atoms with Gasteiger partial charge in [0.2, 0.25) is 10.0 Å². The monoisotopic (exact) mass is 497 g/mol. The van der Waals surface area contributed by atoms with E-state index < -0.39 is 28.4 Å². The van der Waals surface area contributed by atoms with Crippen LogP contribution in [0.25, 0.3) is 0 Å². The van der Waals surface area contributed by atoms with Gasteiger partial charge in [0.25, 0.3) is 0 Å². The van der Waals surface area contributed by atoms with Gasteiger partial charge in [0.15, 0.2) is 12.4 Å². The van der Waals surface area contributed by atoms with Gasteiger partial charge >= 0.3 is 5.97 Å². The molecule has 1 saturated heterocycles. The molecule has 1 fully saturated rings. The van der Waals surface area contributed by atoms with Crippen LogP contribution in [0, 0.1) is 0 Å². The van der Waals surface area contributed by atoms with Gasteiger partial charge in [-0.3, -0.25) is 4.79 Å². The molecule has 0 aliphatic carbocycles. The number of hydrogen-bond donors (Lipinski definition) is 0. The van der Waals surface area contributed by atoms with Gasteiger partial charge in [0.1, 0.15) is 5.75 Å². The Morgan fingerprint density at radius 2 is 1.77 bits per heavy atom. The van der Waals surface area contributed by atoms with Crippen molar-refractivity contribution in [3.05, 3.63) is 58.1 Å². The van der Waals surface area contributed by atoms with Gasteiger partial charge in [0, 0.05) is 23.1 Å². The molecule has 10 heteroatoms. The Labute approximate surface area is 182 Å². The lowest BCUT2D eigenvalue weighted by molar-refractivity contribution is 0.0470. The molecule has 2 aromatic rings. The van der Waals surface area contributed by atoms with E-state index in [2.05, 4.69) is 15.9 Å². The number of methoxy groups -OCH3 is 1. The number of Topliss-reactive ketones (excluding diaryl/α,β-unsaturated/α-hetero) is 1. The molecular formula is C20H20BrNO7S. The summed E-state index contributed by atoms with van der Waals surface area (Å²) in [5.41, 5.74) is 0.183. The summed E-state index contributed by atoms with van der Waals surface area (Å²) in [5, 5.41) is 0. The predicted molar refractivity (Wildman–Crippen MR) is 111 cm³/mol. The molecule has 0 amide bonds. The second-order valence-electron chi connectivity index (χ2n) is 6.38. The van der Waals surface area contributed by atoms with Crippen molar-refractivity contribution in [1.82, 2.24) is 4.31 Å². The minimum atomic E-state index is -3.95. The Morgan fingerprint density at radius 3 is 2.40 bits per heavy atom. The average molecular weight is 498 g/mol. The average Bonchev–Trinajstić information content (AvgIpc) is 2.77. The van der Waals surface area contributed by atoms with Gasteiger partial charge in [-0.05, 0) is 30.3 Å². The summed E-state index contributed by atoms with van der Waals surface area (Å²) < 4.78 is 43.6. The molecule has 2 aromatic carbocycles. The van der Waals surface area contributed by atoms with E-state index in [1.54, 1.807) is 24.3 Å². The number of esters is 1. The SMILES string of the molecule is COc1ccc(S(=O)(=O)N2CCOCC2)c(C(=O)OCC(=O)c2ccc(Br)cc2)c1. The van der Waals surface area contributed by atoms with Crippen LogP contribution in [-0.4, -0.2) is 64.5 Å². The van der Waals surface area contributed by atoms with Gasteiger partial charge in [-0.1, -0.05) is 28.1 Å². The standard InChI is InChI=1S/C20H20BrNO7S/c1-27-16-6-7-19(30(25,26)22-8-10-28-11-9-22)17(12-16)20(24)29-13-18(23)14-2-4-15(21)5-3-14/h2-7,12H,8-11,13H2,1H3. The number of carbonyl (C=O) groups excluding carboxylic acids is 2. The summed E-state index contributed by atoms with van der Waals surface area (Å²) in [6.07, 6.45) is 0. The molecule has 160 valence electrons. The zero-order valence-electron chi connectivity index (χ0n) is 16.2. The first-order valence-electron chi connectivity index (χ1n) is 9.05. The van der Waals surface area contributed by atoms with Crippen LogP contribution in [0.1, 0.15) is 20.7 Å². The Morgan fingerprint density at radius 1 is 1.10 bits per heavy atom. The van der Waals surface area contributed by atoms with E-state index in [1.165, 1.54) is 29.6 Å². The quantitative estimate of drug-likeness (QED) is 0.427. The zero-order chi connectivity index (χ0) is 21.7. The summed E-state index contributed by atoms with van der Waals surface area (Å²) in [6.45, 7) is 0.401. The molecule has 8 nitrogen and oxygen atoms in total. The molecule has 3 rings (SSSR count). The summed E-state index contributed by atoms with van der Waals surface area (Å²) in [6, 6.07) is 10.6. The Kier molecular flexibility index (Phi) is 7.24. The largest absolute Gasteiger partial charge is 0.497 e. The third-order valence-corrected chi connectivity index (χ3v) is 6.98.